The fraction of sp³-hybridized carbons (Fsp3) is 0.533. The molecule has 1 aliphatic rings. The molecule has 5 nitrogen and oxygen atoms in total. The van der Waals surface area contributed by atoms with Gasteiger partial charge in [-0.1, -0.05) is 31.2 Å². The third-order valence-electron chi connectivity index (χ3n) is 3.84. The van der Waals surface area contributed by atoms with Crippen molar-refractivity contribution in [1.82, 2.24) is 4.90 Å². The predicted molar refractivity (Wildman–Crippen MR) is 80.9 cm³/mol. The molecule has 0 bridgehead atoms. The molecule has 2 rings (SSSR count). The Morgan fingerprint density at radius 2 is 1.95 bits per heavy atom. The Balaban J connectivity index is 2.12. The fourth-order valence-corrected chi connectivity index (χ4v) is 4.06. The molecule has 0 aliphatic carbocycles. The molecule has 0 saturated heterocycles. The Morgan fingerprint density at radius 3 is 2.57 bits per heavy atom. The van der Waals surface area contributed by atoms with Crippen LogP contribution in [0.3, 0.4) is 0 Å². The first-order valence-electron chi connectivity index (χ1n) is 7.17. The molecule has 0 radical (unpaired) electrons. The Kier molecular flexibility index (Phi) is 5.00. The number of carboxylic acids is 1. The van der Waals surface area contributed by atoms with Crippen molar-refractivity contribution in [3.63, 3.8) is 0 Å². The Bertz CT molecular complexity index is 612. The molecule has 0 fully saturated rings. The van der Waals surface area contributed by atoms with Gasteiger partial charge in [0.1, 0.15) is 6.04 Å². The van der Waals surface area contributed by atoms with Gasteiger partial charge in [-0.05, 0) is 24.0 Å². The van der Waals surface area contributed by atoms with Crippen LogP contribution in [-0.4, -0.2) is 48.5 Å². The van der Waals surface area contributed by atoms with Crippen LogP contribution in [0, 0.1) is 0 Å². The van der Waals surface area contributed by atoms with Crippen molar-refractivity contribution >= 4 is 15.8 Å². The SMILES string of the molecule is CCCS(=O)(=O)CCN1Cc2ccccc2C[C@H]1C(=O)O. The highest BCUT2D eigenvalue weighted by atomic mass is 32.2. The second-order valence-electron chi connectivity index (χ2n) is 5.45. The summed E-state index contributed by atoms with van der Waals surface area (Å²) in [4.78, 5) is 13.2. The van der Waals surface area contributed by atoms with E-state index in [0.717, 1.165) is 11.1 Å². The quantitative estimate of drug-likeness (QED) is 0.857. The zero-order valence-electron chi connectivity index (χ0n) is 12.2. The molecular formula is C15H21NO4S. The molecular weight excluding hydrogens is 290 g/mol. The predicted octanol–water partition coefficient (Wildman–Crippen LogP) is 1.32. The minimum atomic E-state index is -3.09. The van der Waals surface area contributed by atoms with Crippen LogP contribution in [0.25, 0.3) is 0 Å². The van der Waals surface area contributed by atoms with Gasteiger partial charge in [-0.3, -0.25) is 9.69 Å². The highest BCUT2D eigenvalue weighted by Crippen LogP contribution is 2.23. The average Bonchev–Trinajstić information content (AvgIpc) is 2.44. The molecule has 6 heteroatoms. The van der Waals surface area contributed by atoms with Crippen LogP contribution in [0.4, 0.5) is 0 Å². The van der Waals surface area contributed by atoms with Crippen LogP contribution in [0.5, 0.6) is 0 Å². The van der Waals surface area contributed by atoms with Crippen molar-refractivity contribution in [3.8, 4) is 0 Å². The lowest BCUT2D eigenvalue weighted by molar-refractivity contribution is -0.143. The average molecular weight is 311 g/mol. The largest absolute Gasteiger partial charge is 0.480 e. The molecule has 1 aromatic rings. The van der Waals surface area contributed by atoms with Gasteiger partial charge in [0.2, 0.25) is 0 Å². The third kappa shape index (κ3) is 4.04. The lowest BCUT2D eigenvalue weighted by atomic mass is 9.94. The smallest absolute Gasteiger partial charge is 0.321 e. The summed E-state index contributed by atoms with van der Waals surface area (Å²) >= 11 is 0. The van der Waals surface area contributed by atoms with Gasteiger partial charge in [-0.15, -0.1) is 0 Å². The van der Waals surface area contributed by atoms with E-state index in [-0.39, 0.29) is 18.1 Å². The second-order valence-corrected chi connectivity index (χ2v) is 7.75. The van der Waals surface area contributed by atoms with Crippen LogP contribution in [-0.2, 0) is 27.6 Å². The Labute approximate surface area is 125 Å². The van der Waals surface area contributed by atoms with E-state index < -0.39 is 21.8 Å². The number of rotatable bonds is 6. The molecule has 0 saturated carbocycles. The first-order chi connectivity index (χ1) is 9.93. The first-order valence-corrected chi connectivity index (χ1v) is 8.99. The van der Waals surface area contributed by atoms with E-state index >= 15 is 0 Å². The summed E-state index contributed by atoms with van der Waals surface area (Å²) < 4.78 is 23.6. The lowest BCUT2D eigenvalue weighted by Crippen LogP contribution is -2.47. The number of hydrogen-bond acceptors (Lipinski definition) is 4. The number of hydrogen-bond donors (Lipinski definition) is 1. The standard InChI is InChI=1S/C15H21NO4S/c1-2-8-21(19,20)9-7-16-11-13-6-4-3-5-12(13)10-14(16)15(17)18/h3-6,14H,2,7-11H2,1H3,(H,17,18)/t14-/m0/s1. The number of sulfone groups is 1. The molecule has 0 unspecified atom stereocenters. The number of fused-ring (bicyclic) bond motifs is 1. The molecule has 1 heterocycles. The van der Waals surface area contributed by atoms with Crippen LogP contribution in [0.2, 0.25) is 0 Å². The van der Waals surface area contributed by atoms with Gasteiger partial charge in [0.25, 0.3) is 0 Å². The maximum atomic E-state index is 11.8. The van der Waals surface area contributed by atoms with Crippen molar-refractivity contribution in [2.75, 3.05) is 18.1 Å². The van der Waals surface area contributed by atoms with Crippen LogP contribution in [0.15, 0.2) is 24.3 Å². The van der Waals surface area contributed by atoms with Gasteiger partial charge in [-0.25, -0.2) is 8.42 Å². The zero-order valence-corrected chi connectivity index (χ0v) is 13.0. The monoisotopic (exact) mass is 311 g/mol. The van der Waals surface area contributed by atoms with Gasteiger partial charge >= 0.3 is 5.97 Å². The number of benzene rings is 1. The maximum Gasteiger partial charge on any atom is 0.321 e. The molecule has 1 atom stereocenters. The Morgan fingerprint density at radius 1 is 1.29 bits per heavy atom. The van der Waals surface area contributed by atoms with Gasteiger partial charge in [0.05, 0.1) is 5.75 Å². The molecule has 1 N–H and O–H groups in total. The van der Waals surface area contributed by atoms with Crippen molar-refractivity contribution in [1.29, 1.82) is 0 Å². The molecule has 1 aliphatic heterocycles. The zero-order chi connectivity index (χ0) is 15.5. The van der Waals surface area contributed by atoms with Crippen molar-refractivity contribution in [2.24, 2.45) is 0 Å². The lowest BCUT2D eigenvalue weighted by Gasteiger charge is -2.34. The highest BCUT2D eigenvalue weighted by molar-refractivity contribution is 7.91. The van der Waals surface area contributed by atoms with E-state index in [9.17, 15) is 18.3 Å². The number of carbonyl (C=O) groups is 1. The third-order valence-corrected chi connectivity index (χ3v) is 5.67. The summed E-state index contributed by atoms with van der Waals surface area (Å²) in [5.41, 5.74) is 2.13. The Hall–Kier alpha value is -1.40. The molecule has 0 aromatic heterocycles. The van der Waals surface area contributed by atoms with E-state index in [1.54, 1.807) is 4.90 Å². The van der Waals surface area contributed by atoms with Crippen molar-refractivity contribution in [2.45, 2.75) is 32.4 Å². The van der Waals surface area contributed by atoms with E-state index in [1.807, 2.05) is 31.2 Å². The minimum Gasteiger partial charge on any atom is -0.480 e. The van der Waals surface area contributed by atoms with E-state index in [1.165, 1.54) is 0 Å². The second kappa shape index (κ2) is 6.58. The van der Waals surface area contributed by atoms with Crippen LogP contribution >= 0.6 is 0 Å². The summed E-state index contributed by atoms with van der Waals surface area (Å²) in [6, 6.07) is 7.10. The van der Waals surface area contributed by atoms with E-state index in [4.69, 9.17) is 0 Å². The summed E-state index contributed by atoms with van der Waals surface area (Å²) in [5, 5.41) is 9.38. The van der Waals surface area contributed by atoms with Gasteiger partial charge < -0.3 is 5.11 Å². The van der Waals surface area contributed by atoms with Crippen LogP contribution < -0.4 is 0 Å². The van der Waals surface area contributed by atoms with Gasteiger partial charge in [-0.2, -0.15) is 0 Å². The summed E-state index contributed by atoms with van der Waals surface area (Å²) in [6.45, 7) is 2.59. The first kappa shape index (κ1) is 16.0. The molecule has 116 valence electrons. The van der Waals surface area contributed by atoms with Crippen molar-refractivity contribution < 1.29 is 18.3 Å². The van der Waals surface area contributed by atoms with Crippen LogP contribution in [0.1, 0.15) is 24.5 Å². The molecule has 1 aromatic carbocycles. The highest BCUT2D eigenvalue weighted by Gasteiger charge is 2.31. The van der Waals surface area contributed by atoms with Gasteiger partial charge in [0, 0.05) is 18.8 Å². The maximum absolute atomic E-state index is 11.8. The molecule has 0 spiro atoms. The fourth-order valence-electron chi connectivity index (χ4n) is 2.73. The molecule has 21 heavy (non-hydrogen) atoms. The topological polar surface area (TPSA) is 74.7 Å². The summed E-state index contributed by atoms with van der Waals surface area (Å²) in [6.07, 6.45) is 1.02. The van der Waals surface area contributed by atoms with Gasteiger partial charge in [0.15, 0.2) is 9.84 Å². The number of aliphatic carboxylic acids is 1. The number of carboxylic acid groups (broad SMARTS) is 1. The summed E-state index contributed by atoms with van der Waals surface area (Å²) in [7, 11) is -3.09. The number of nitrogens with zero attached hydrogens (tertiary/aromatic N) is 1. The van der Waals surface area contributed by atoms with E-state index in [0.29, 0.717) is 19.4 Å². The van der Waals surface area contributed by atoms with E-state index in [2.05, 4.69) is 0 Å². The minimum absolute atomic E-state index is 0.0206. The normalized spacial score (nSPS) is 19.2. The summed E-state index contributed by atoms with van der Waals surface area (Å²) in [5.74, 6) is -0.709. The van der Waals surface area contributed by atoms with Crippen molar-refractivity contribution in [3.05, 3.63) is 35.4 Å². The molecule has 0 amide bonds.